The van der Waals surface area contributed by atoms with Crippen LogP contribution in [0, 0.1) is 0 Å². The van der Waals surface area contributed by atoms with Crippen LogP contribution in [0.3, 0.4) is 0 Å². The Morgan fingerprint density at radius 2 is 1.93 bits per heavy atom. The average molecular weight is 399 g/mol. The molecule has 4 rings (SSSR count). The molecule has 0 atom stereocenters. The van der Waals surface area contributed by atoms with Gasteiger partial charge in [-0.1, -0.05) is 37.3 Å². The number of carbonyl (C=O) groups is 1. The number of rotatable bonds is 5. The summed E-state index contributed by atoms with van der Waals surface area (Å²) in [6, 6.07) is 15.0. The van der Waals surface area contributed by atoms with Crippen molar-refractivity contribution in [3.63, 3.8) is 0 Å². The molecule has 3 N–H and O–H groups in total. The van der Waals surface area contributed by atoms with Gasteiger partial charge in [0.05, 0.1) is 12.2 Å². The standard InChI is InChI=1S/C23H21N5O2/c1-2-16-8-9-25-12-18(16)20-10-17-11-21(26-13-19(17)22(24)27-20)28(23(29)30)14-15-6-4-3-5-7-15/h3-13H,2,14H2,1H3,(H2,24,27)(H,29,30). The zero-order chi connectivity index (χ0) is 21.1. The second-order valence-corrected chi connectivity index (χ2v) is 6.90. The lowest BCUT2D eigenvalue weighted by molar-refractivity contribution is 0.201. The first-order valence-corrected chi connectivity index (χ1v) is 9.60. The van der Waals surface area contributed by atoms with E-state index in [1.165, 1.54) is 4.90 Å². The summed E-state index contributed by atoms with van der Waals surface area (Å²) in [5.74, 6) is 0.676. The molecule has 0 saturated heterocycles. The van der Waals surface area contributed by atoms with E-state index in [-0.39, 0.29) is 6.54 Å². The summed E-state index contributed by atoms with van der Waals surface area (Å²) in [6.07, 6.45) is 4.86. The van der Waals surface area contributed by atoms with Crippen molar-refractivity contribution >= 4 is 28.5 Å². The minimum Gasteiger partial charge on any atom is -0.465 e. The van der Waals surface area contributed by atoms with Gasteiger partial charge in [0.1, 0.15) is 11.6 Å². The lowest BCUT2D eigenvalue weighted by Gasteiger charge is -2.19. The summed E-state index contributed by atoms with van der Waals surface area (Å²) in [5.41, 5.74) is 9.79. The Labute approximate surface area is 173 Å². The normalized spacial score (nSPS) is 10.8. The first kappa shape index (κ1) is 19.3. The van der Waals surface area contributed by atoms with Gasteiger partial charge < -0.3 is 10.8 Å². The first-order valence-electron chi connectivity index (χ1n) is 9.60. The Balaban J connectivity index is 1.80. The predicted molar refractivity (Wildman–Crippen MR) is 117 cm³/mol. The number of nitrogens with zero attached hydrogens (tertiary/aromatic N) is 4. The van der Waals surface area contributed by atoms with E-state index < -0.39 is 6.09 Å². The van der Waals surface area contributed by atoms with Crippen LogP contribution in [0.2, 0.25) is 0 Å². The van der Waals surface area contributed by atoms with Crippen LogP contribution in [-0.4, -0.2) is 26.2 Å². The van der Waals surface area contributed by atoms with Crippen molar-refractivity contribution in [3.8, 4) is 11.3 Å². The number of hydrogen-bond acceptors (Lipinski definition) is 5. The lowest BCUT2D eigenvalue weighted by Crippen LogP contribution is -2.29. The van der Waals surface area contributed by atoms with E-state index >= 15 is 0 Å². The number of anilines is 2. The molecule has 0 spiro atoms. The molecule has 30 heavy (non-hydrogen) atoms. The Kier molecular flexibility index (Phi) is 5.26. The second kappa shape index (κ2) is 8.16. The van der Waals surface area contributed by atoms with Gasteiger partial charge >= 0.3 is 6.09 Å². The Bertz CT molecular complexity index is 1210. The van der Waals surface area contributed by atoms with Gasteiger partial charge in [-0.2, -0.15) is 0 Å². The molecule has 0 unspecified atom stereocenters. The molecule has 1 aromatic carbocycles. The number of aromatic nitrogens is 3. The van der Waals surface area contributed by atoms with Gasteiger partial charge in [-0.3, -0.25) is 9.88 Å². The van der Waals surface area contributed by atoms with E-state index in [2.05, 4.69) is 21.9 Å². The molecule has 3 heterocycles. The minimum atomic E-state index is -1.08. The van der Waals surface area contributed by atoms with Crippen molar-refractivity contribution < 1.29 is 9.90 Å². The molecule has 0 saturated carbocycles. The van der Waals surface area contributed by atoms with Gasteiger partial charge in [0.15, 0.2) is 0 Å². The van der Waals surface area contributed by atoms with Crippen LogP contribution in [0.4, 0.5) is 16.4 Å². The third-order valence-corrected chi connectivity index (χ3v) is 4.99. The molecule has 7 heteroatoms. The molecule has 150 valence electrons. The first-order chi connectivity index (χ1) is 14.6. The highest BCUT2D eigenvalue weighted by Gasteiger charge is 2.18. The monoisotopic (exact) mass is 399 g/mol. The molecular weight excluding hydrogens is 378 g/mol. The van der Waals surface area contributed by atoms with Gasteiger partial charge in [0, 0.05) is 29.5 Å². The average Bonchev–Trinajstić information content (AvgIpc) is 2.77. The van der Waals surface area contributed by atoms with E-state index in [4.69, 9.17) is 5.73 Å². The van der Waals surface area contributed by atoms with Gasteiger partial charge in [-0.25, -0.2) is 14.8 Å². The number of amides is 1. The summed E-state index contributed by atoms with van der Waals surface area (Å²) >= 11 is 0. The van der Waals surface area contributed by atoms with E-state index in [0.717, 1.165) is 28.5 Å². The van der Waals surface area contributed by atoms with Crippen LogP contribution in [-0.2, 0) is 13.0 Å². The predicted octanol–water partition coefficient (Wildman–Crippen LogP) is 4.52. The highest BCUT2D eigenvalue weighted by molar-refractivity contribution is 5.96. The smallest absolute Gasteiger partial charge is 0.413 e. The molecule has 0 aliphatic rings. The maximum atomic E-state index is 11.9. The quantitative estimate of drug-likeness (QED) is 0.511. The molecule has 7 nitrogen and oxygen atoms in total. The molecule has 0 aliphatic heterocycles. The Morgan fingerprint density at radius 1 is 1.13 bits per heavy atom. The molecule has 0 aliphatic carbocycles. The summed E-state index contributed by atoms with van der Waals surface area (Å²) in [7, 11) is 0. The lowest BCUT2D eigenvalue weighted by atomic mass is 10.0. The van der Waals surface area contributed by atoms with Gasteiger partial charge in [0.25, 0.3) is 0 Å². The van der Waals surface area contributed by atoms with Gasteiger partial charge in [-0.05, 0) is 41.1 Å². The second-order valence-electron chi connectivity index (χ2n) is 6.90. The van der Waals surface area contributed by atoms with E-state index in [9.17, 15) is 9.90 Å². The number of benzene rings is 1. The molecule has 0 fully saturated rings. The summed E-state index contributed by atoms with van der Waals surface area (Å²) in [6.45, 7) is 2.27. The number of nitrogen functional groups attached to an aromatic ring is 1. The topological polar surface area (TPSA) is 105 Å². The number of nitrogens with two attached hydrogens (primary N) is 1. The largest absolute Gasteiger partial charge is 0.465 e. The van der Waals surface area contributed by atoms with Crippen molar-refractivity contribution in [1.82, 2.24) is 15.0 Å². The summed E-state index contributed by atoms with van der Waals surface area (Å²) < 4.78 is 0. The molecule has 0 radical (unpaired) electrons. The van der Waals surface area contributed by atoms with Crippen molar-refractivity contribution in [2.45, 2.75) is 19.9 Å². The van der Waals surface area contributed by atoms with E-state index in [1.54, 1.807) is 24.7 Å². The van der Waals surface area contributed by atoms with E-state index in [1.807, 2.05) is 42.5 Å². The number of aryl methyl sites for hydroxylation is 1. The fourth-order valence-electron chi connectivity index (χ4n) is 3.42. The van der Waals surface area contributed by atoms with E-state index in [0.29, 0.717) is 22.7 Å². The number of pyridine rings is 3. The van der Waals surface area contributed by atoms with Crippen molar-refractivity contribution in [2.75, 3.05) is 10.6 Å². The third-order valence-electron chi connectivity index (χ3n) is 4.99. The maximum absolute atomic E-state index is 11.9. The molecule has 4 aromatic rings. The Hall–Kier alpha value is -4.00. The minimum absolute atomic E-state index is 0.199. The van der Waals surface area contributed by atoms with Crippen molar-refractivity contribution in [3.05, 3.63) is 78.2 Å². The number of fused-ring (bicyclic) bond motifs is 1. The summed E-state index contributed by atoms with van der Waals surface area (Å²) in [5, 5.41) is 11.2. The molecule has 1 amide bonds. The van der Waals surface area contributed by atoms with Crippen LogP contribution in [0.1, 0.15) is 18.1 Å². The van der Waals surface area contributed by atoms with Crippen LogP contribution in [0.15, 0.2) is 67.1 Å². The van der Waals surface area contributed by atoms with Crippen molar-refractivity contribution in [1.29, 1.82) is 0 Å². The SMILES string of the molecule is CCc1ccncc1-c1cc2cc(N(Cc3ccccc3)C(=O)O)ncc2c(N)n1. The molecule has 0 bridgehead atoms. The number of hydrogen-bond donors (Lipinski definition) is 2. The van der Waals surface area contributed by atoms with Crippen LogP contribution in [0.5, 0.6) is 0 Å². The fourth-order valence-corrected chi connectivity index (χ4v) is 3.42. The van der Waals surface area contributed by atoms with Gasteiger partial charge in [0.2, 0.25) is 0 Å². The zero-order valence-corrected chi connectivity index (χ0v) is 16.5. The van der Waals surface area contributed by atoms with Crippen LogP contribution >= 0.6 is 0 Å². The fraction of sp³-hybridized carbons (Fsp3) is 0.130. The maximum Gasteiger partial charge on any atom is 0.413 e. The third kappa shape index (κ3) is 3.77. The van der Waals surface area contributed by atoms with Crippen LogP contribution in [0.25, 0.3) is 22.0 Å². The Morgan fingerprint density at radius 3 is 2.67 bits per heavy atom. The summed E-state index contributed by atoms with van der Waals surface area (Å²) in [4.78, 5) is 26.2. The highest BCUT2D eigenvalue weighted by Crippen LogP contribution is 2.30. The molecular formula is C23H21N5O2. The zero-order valence-electron chi connectivity index (χ0n) is 16.5. The van der Waals surface area contributed by atoms with Gasteiger partial charge in [-0.15, -0.1) is 0 Å². The van der Waals surface area contributed by atoms with Crippen molar-refractivity contribution in [2.24, 2.45) is 0 Å². The van der Waals surface area contributed by atoms with Crippen LogP contribution < -0.4 is 10.6 Å². The number of carboxylic acid groups (broad SMARTS) is 1. The molecule has 3 aromatic heterocycles. The highest BCUT2D eigenvalue weighted by atomic mass is 16.4.